The molecule has 0 aromatic rings. The monoisotopic (exact) mass is 138 g/mol. The van der Waals surface area contributed by atoms with Crippen molar-refractivity contribution in [1.82, 2.24) is 0 Å². The Morgan fingerprint density at radius 1 is 1.50 bits per heavy atom. The van der Waals surface area contributed by atoms with Gasteiger partial charge in [-0.3, -0.25) is 0 Å². The van der Waals surface area contributed by atoms with Crippen LogP contribution in [-0.4, -0.2) is 13.9 Å². The summed E-state index contributed by atoms with van der Waals surface area (Å²) in [5, 5.41) is 16.3. The van der Waals surface area contributed by atoms with Crippen LogP contribution >= 0.6 is 0 Å². The maximum Gasteiger partial charge on any atom is 0.187 e. The molecule has 4 nitrogen and oxygen atoms in total. The van der Waals surface area contributed by atoms with Gasteiger partial charge in [0.15, 0.2) is 12.4 Å². The Morgan fingerprint density at radius 2 is 2.10 bits per heavy atom. The number of nitriles is 2. The molecule has 0 aromatic heterocycles. The molecule has 0 aliphatic rings. The molecule has 0 N–H and O–H groups in total. The van der Waals surface area contributed by atoms with E-state index in [9.17, 15) is 0 Å². The summed E-state index contributed by atoms with van der Waals surface area (Å²) in [6.07, 6.45) is 1.06. The zero-order valence-electron chi connectivity index (χ0n) is 5.50. The lowest BCUT2D eigenvalue weighted by molar-refractivity contribution is 0.0195. The second-order valence-corrected chi connectivity index (χ2v) is 1.33. The lowest BCUT2D eigenvalue weighted by Crippen LogP contribution is -1.89. The molecular weight excluding hydrogens is 132 g/mol. The Morgan fingerprint density at radius 3 is 2.50 bits per heavy atom. The van der Waals surface area contributed by atoms with Crippen LogP contribution < -0.4 is 0 Å². The highest BCUT2D eigenvalue weighted by Gasteiger charge is 1.88. The van der Waals surface area contributed by atoms with Gasteiger partial charge in [0.05, 0.1) is 0 Å². The molecule has 0 heterocycles. The molecule has 0 radical (unpaired) electrons. The van der Waals surface area contributed by atoms with E-state index >= 15 is 0 Å². The minimum atomic E-state index is -0.0722. The largest absolute Gasteiger partial charge is 0.473 e. The third-order valence-electron chi connectivity index (χ3n) is 0.628. The standard InChI is InChI=1S/C6H6N2O2/c1-9-5-10-4-6(2-7)3-8/h4H,5H2,1H3. The van der Waals surface area contributed by atoms with E-state index in [0.717, 1.165) is 6.26 Å². The third kappa shape index (κ3) is 3.48. The van der Waals surface area contributed by atoms with Gasteiger partial charge in [-0.15, -0.1) is 0 Å². The van der Waals surface area contributed by atoms with Gasteiger partial charge < -0.3 is 9.47 Å². The summed E-state index contributed by atoms with van der Waals surface area (Å²) in [5.74, 6) is 0. The van der Waals surface area contributed by atoms with E-state index in [-0.39, 0.29) is 12.4 Å². The van der Waals surface area contributed by atoms with Gasteiger partial charge in [-0.25, -0.2) is 0 Å². The molecule has 0 fully saturated rings. The lowest BCUT2D eigenvalue weighted by atomic mass is 10.4. The van der Waals surface area contributed by atoms with Crippen LogP contribution in [0.15, 0.2) is 11.8 Å². The molecule has 52 valence electrons. The van der Waals surface area contributed by atoms with Crippen molar-refractivity contribution in [2.75, 3.05) is 13.9 Å². The average molecular weight is 138 g/mol. The number of allylic oxidation sites excluding steroid dienone is 1. The van der Waals surface area contributed by atoms with E-state index in [4.69, 9.17) is 10.5 Å². The highest BCUT2D eigenvalue weighted by Crippen LogP contribution is 1.88. The molecule has 0 rings (SSSR count). The third-order valence-corrected chi connectivity index (χ3v) is 0.628. The number of hydrogen-bond donors (Lipinski definition) is 0. The fourth-order valence-corrected chi connectivity index (χ4v) is 0.263. The van der Waals surface area contributed by atoms with Gasteiger partial charge in [-0.1, -0.05) is 0 Å². The molecule has 10 heavy (non-hydrogen) atoms. The number of rotatable bonds is 3. The molecule has 0 bridgehead atoms. The van der Waals surface area contributed by atoms with Crippen LogP contribution in [-0.2, 0) is 9.47 Å². The van der Waals surface area contributed by atoms with Crippen molar-refractivity contribution >= 4 is 0 Å². The van der Waals surface area contributed by atoms with Gasteiger partial charge in [-0.05, 0) is 0 Å². The summed E-state index contributed by atoms with van der Waals surface area (Å²) in [5.41, 5.74) is -0.0722. The highest BCUT2D eigenvalue weighted by atomic mass is 16.7. The normalized spacial score (nSPS) is 7.10. The summed E-state index contributed by atoms with van der Waals surface area (Å²) < 4.78 is 9.09. The van der Waals surface area contributed by atoms with E-state index in [1.807, 2.05) is 0 Å². The quantitative estimate of drug-likeness (QED) is 0.247. The zero-order chi connectivity index (χ0) is 7.82. The van der Waals surface area contributed by atoms with Crippen LogP contribution in [0.5, 0.6) is 0 Å². The topological polar surface area (TPSA) is 66.0 Å². The second kappa shape index (κ2) is 5.61. The first kappa shape index (κ1) is 8.48. The molecule has 0 aliphatic heterocycles. The summed E-state index contributed by atoms with van der Waals surface area (Å²) in [6, 6.07) is 3.26. The Bertz CT molecular complexity index is 181. The van der Waals surface area contributed by atoms with Crippen LogP contribution in [0.3, 0.4) is 0 Å². The minimum absolute atomic E-state index is 0.0485. The van der Waals surface area contributed by atoms with Crippen molar-refractivity contribution in [3.63, 3.8) is 0 Å². The predicted molar refractivity (Wildman–Crippen MR) is 32.3 cm³/mol. The van der Waals surface area contributed by atoms with E-state index in [0.29, 0.717) is 0 Å². The number of methoxy groups -OCH3 is 1. The summed E-state index contributed by atoms with van der Waals surface area (Å²) >= 11 is 0. The van der Waals surface area contributed by atoms with E-state index in [1.165, 1.54) is 7.11 Å². The first-order valence-electron chi connectivity index (χ1n) is 2.46. The van der Waals surface area contributed by atoms with Crippen molar-refractivity contribution < 1.29 is 9.47 Å². The van der Waals surface area contributed by atoms with Crippen LogP contribution in [0.2, 0.25) is 0 Å². The van der Waals surface area contributed by atoms with E-state index in [1.54, 1.807) is 12.1 Å². The molecule has 0 amide bonds. The predicted octanol–water partition coefficient (Wildman–Crippen LogP) is 0.538. The Hall–Kier alpha value is -1.52. The Balaban J connectivity index is 3.71. The van der Waals surface area contributed by atoms with E-state index in [2.05, 4.69) is 9.47 Å². The molecule has 0 unspecified atom stereocenters. The van der Waals surface area contributed by atoms with Gasteiger partial charge in [0, 0.05) is 7.11 Å². The van der Waals surface area contributed by atoms with Gasteiger partial charge >= 0.3 is 0 Å². The van der Waals surface area contributed by atoms with Crippen molar-refractivity contribution in [1.29, 1.82) is 10.5 Å². The first-order chi connectivity index (χ1) is 4.85. The van der Waals surface area contributed by atoms with Crippen LogP contribution in [0.25, 0.3) is 0 Å². The van der Waals surface area contributed by atoms with Crippen molar-refractivity contribution in [2.45, 2.75) is 0 Å². The molecule has 0 aromatic carbocycles. The van der Waals surface area contributed by atoms with E-state index < -0.39 is 0 Å². The molecular formula is C6H6N2O2. The summed E-state index contributed by atoms with van der Waals surface area (Å²) in [6.45, 7) is 0.0485. The number of nitrogens with zero attached hydrogens (tertiary/aromatic N) is 2. The van der Waals surface area contributed by atoms with Gasteiger partial charge in [0.25, 0.3) is 0 Å². The van der Waals surface area contributed by atoms with Crippen LogP contribution in [0.1, 0.15) is 0 Å². The van der Waals surface area contributed by atoms with Gasteiger partial charge in [0.1, 0.15) is 18.4 Å². The van der Waals surface area contributed by atoms with Crippen LogP contribution in [0.4, 0.5) is 0 Å². The second-order valence-electron chi connectivity index (χ2n) is 1.33. The molecule has 0 saturated carbocycles. The number of hydrogen-bond acceptors (Lipinski definition) is 4. The summed E-state index contributed by atoms with van der Waals surface area (Å²) in [7, 11) is 1.45. The van der Waals surface area contributed by atoms with Crippen LogP contribution in [0, 0.1) is 22.7 Å². The number of ether oxygens (including phenoxy) is 2. The SMILES string of the molecule is COCOC=C(C#N)C#N. The Labute approximate surface area is 58.9 Å². The zero-order valence-corrected chi connectivity index (χ0v) is 5.50. The van der Waals surface area contributed by atoms with Crippen molar-refractivity contribution in [2.24, 2.45) is 0 Å². The molecule has 4 heteroatoms. The fourth-order valence-electron chi connectivity index (χ4n) is 0.263. The molecule has 0 spiro atoms. The molecule has 0 aliphatic carbocycles. The highest BCUT2D eigenvalue weighted by molar-refractivity contribution is 5.33. The lowest BCUT2D eigenvalue weighted by Gasteiger charge is -1.94. The Kier molecular flexibility index (Phi) is 4.76. The summed E-state index contributed by atoms with van der Waals surface area (Å²) in [4.78, 5) is 0. The van der Waals surface area contributed by atoms with Gasteiger partial charge in [0.2, 0.25) is 0 Å². The van der Waals surface area contributed by atoms with Gasteiger partial charge in [-0.2, -0.15) is 10.5 Å². The fraction of sp³-hybridized carbons (Fsp3) is 0.333. The molecule has 0 saturated heterocycles. The molecule has 0 atom stereocenters. The first-order valence-corrected chi connectivity index (χ1v) is 2.46. The smallest absolute Gasteiger partial charge is 0.187 e. The van der Waals surface area contributed by atoms with Crippen molar-refractivity contribution in [3.8, 4) is 12.1 Å². The minimum Gasteiger partial charge on any atom is -0.473 e. The van der Waals surface area contributed by atoms with Crippen molar-refractivity contribution in [3.05, 3.63) is 11.8 Å². The average Bonchev–Trinajstić information content (AvgIpc) is 1.99. The maximum absolute atomic E-state index is 8.16. The maximum atomic E-state index is 8.16.